The molecule has 2 aromatic rings. The highest BCUT2D eigenvalue weighted by molar-refractivity contribution is 7.91. The monoisotopic (exact) mass is 448 g/mol. The Labute approximate surface area is 179 Å². The second-order valence-electron chi connectivity index (χ2n) is 7.15. The van der Waals surface area contributed by atoms with E-state index in [0.717, 1.165) is 0 Å². The average Bonchev–Trinajstić information content (AvgIpc) is 3.10. The van der Waals surface area contributed by atoms with Gasteiger partial charge in [-0.3, -0.25) is 14.9 Å². The number of carbonyl (C=O) groups is 1. The largest absolute Gasteiger partial charge is 0.395 e. The van der Waals surface area contributed by atoms with Crippen LogP contribution in [0, 0.1) is 10.1 Å². The van der Waals surface area contributed by atoms with Gasteiger partial charge in [0.2, 0.25) is 5.91 Å². The van der Waals surface area contributed by atoms with E-state index in [1.807, 2.05) is 0 Å². The number of rotatable bonds is 9. The average molecular weight is 449 g/mol. The normalized spacial score (nSPS) is 17.1. The Bertz CT molecular complexity index is 1040. The molecule has 0 aromatic heterocycles. The molecule has 1 aliphatic rings. The Hall–Kier alpha value is -3.18. The van der Waals surface area contributed by atoms with Crippen molar-refractivity contribution in [1.29, 1.82) is 0 Å². The molecule has 1 unspecified atom stereocenters. The molecule has 1 saturated heterocycles. The van der Waals surface area contributed by atoms with Crippen LogP contribution in [0.5, 0.6) is 0 Å². The topological polar surface area (TPSA) is 142 Å². The highest BCUT2D eigenvalue weighted by Gasteiger charge is 2.35. The number of hydrogen-bond donors (Lipinski definition) is 3. The number of nitrogens with zero attached hydrogens (tertiary/aromatic N) is 2. The van der Waals surface area contributed by atoms with E-state index in [1.54, 1.807) is 30.3 Å². The first kappa shape index (κ1) is 22.5. The lowest BCUT2D eigenvalue weighted by Gasteiger charge is -2.29. The number of hydrogen-bond acceptors (Lipinski definition) is 8. The summed E-state index contributed by atoms with van der Waals surface area (Å²) in [5.74, 6) is -0.428. The van der Waals surface area contributed by atoms with Crippen molar-refractivity contribution in [2.45, 2.75) is 12.5 Å². The Morgan fingerprint density at radius 2 is 1.90 bits per heavy atom. The highest BCUT2D eigenvalue weighted by atomic mass is 32.2. The van der Waals surface area contributed by atoms with Crippen molar-refractivity contribution in [3.8, 4) is 0 Å². The van der Waals surface area contributed by atoms with Crippen LogP contribution in [0.4, 0.5) is 22.7 Å². The van der Waals surface area contributed by atoms with E-state index in [1.165, 1.54) is 23.1 Å². The second-order valence-corrected chi connectivity index (χ2v) is 9.38. The Morgan fingerprint density at radius 3 is 2.52 bits per heavy atom. The molecule has 0 aliphatic carbocycles. The van der Waals surface area contributed by atoms with Gasteiger partial charge in [0.1, 0.15) is 0 Å². The number of nitrogens with one attached hydrogen (secondary N) is 2. The molecule has 10 nitrogen and oxygen atoms in total. The molecular weight excluding hydrogens is 424 g/mol. The van der Waals surface area contributed by atoms with Crippen molar-refractivity contribution in [3.63, 3.8) is 0 Å². The Kier molecular flexibility index (Phi) is 7.08. The summed E-state index contributed by atoms with van der Waals surface area (Å²) in [5.41, 5.74) is 1.28. The Balaban J connectivity index is 1.82. The maximum absolute atomic E-state index is 13.1. The number of nitro benzene ring substituents is 1. The zero-order chi connectivity index (χ0) is 22.4. The number of benzene rings is 2. The lowest BCUT2D eigenvalue weighted by molar-refractivity contribution is -0.384. The third-order valence-electron chi connectivity index (χ3n) is 4.95. The Morgan fingerprint density at radius 1 is 1.16 bits per heavy atom. The molecule has 1 atom stereocenters. The molecule has 11 heteroatoms. The summed E-state index contributed by atoms with van der Waals surface area (Å²) >= 11 is 0. The molecule has 1 aliphatic heterocycles. The van der Waals surface area contributed by atoms with Crippen molar-refractivity contribution in [2.75, 3.05) is 46.7 Å². The maximum atomic E-state index is 13.1. The fraction of sp³-hybridized carbons (Fsp3) is 0.350. The van der Waals surface area contributed by atoms with Crippen LogP contribution in [-0.2, 0) is 14.6 Å². The van der Waals surface area contributed by atoms with Crippen LogP contribution in [0.1, 0.15) is 6.42 Å². The van der Waals surface area contributed by atoms with E-state index in [0.29, 0.717) is 23.5 Å². The predicted octanol–water partition coefficient (Wildman–Crippen LogP) is 1.63. The number of aliphatic hydroxyl groups is 1. The van der Waals surface area contributed by atoms with Crippen LogP contribution in [0.3, 0.4) is 0 Å². The van der Waals surface area contributed by atoms with Gasteiger partial charge in [-0.25, -0.2) is 8.42 Å². The van der Waals surface area contributed by atoms with Crippen LogP contribution < -0.4 is 15.5 Å². The van der Waals surface area contributed by atoms with Gasteiger partial charge in [0, 0.05) is 24.4 Å². The second kappa shape index (κ2) is 9.75. The van der Waals surface area contributed by atoms with Crippen LogP contribution in [0.2, 0.25) is 0 Å². The fourth-order valence-corrected chi connectivity index (χ4v) is 5.22. The minimum atomic E-state index is -3.20. The third-order valence-corrected chi connectivity index (χ3v) is 6.70. The van der Waals surface area contributed by atoms with Gasteiger partial charge in [0.25, 0.3) is 5.69 Å². The van der Waals surface area contributed by atoms with Crippen molar-refractivity contribution in [3.05, 3.63) is 58.6 Å². The van der Waals surface area contributed by atoms with E-state index in [4.69, 9.17) is 5.11 Å². The quantitative estimate of drug-likeness (QED) is 0.388. The molecular formula is C20H24N4O6S. The van der Waals surface area contributed by atoms with Gasteiger partial charge >= 0.3 is 0 Å². The van der Waals surface area contributed by atoms with Crippen LogP contribution >= 0.6 is 0 Å². The third kappa shape index (κ3) is 5.70. The molecule has 0 radical (unpaired) electrons. The standard InChI is InChI=1S/C20H24N4O6S/c25-10-9-21-18-7-6-16(24(27)28)12-19(18)22-13-20(26)23(15-4-2-1-3-5-15)17-8-11-31(29,30)14-17/h1-7,12,17,21-22,25H,8-11,13-14H2. The van der Waals surface area contributed by atoms with Gasteiger partial charge < -0.3 is 20.6 Å². The number of anilines is 3. The number of non-ortho nitro benzene ring substituents is 1. The molecule has 166 valence electrons. The van der Waals surface area contributed by atoms with Crippen molar-refractivity contribution in [1.82, 2.24) is 0 Å². The summed E-state index contributed by atoms with van der Waals surface area (Å²) in [7, 11) is -3.20. The van der Waals surface area contributed by atoms with Crippen molar-refractivity contribution >= 4 is 38.5 Å². The maximum Gasteiger partial charge on any atom is 0.271 e. The SMILES string of the molecule is O=C(CNc1cc([N+](=O)[O-])ccc1NCCO)N(c1ccccc1)C1CCS(=O)(=O)C1. The van der Waals surface area contributed by atoms with Crippen molar-refractivity contribution in [2.24, 2.45) is 0 Å². The molecule has 3 rings (SSSR count). The van der Waals surface area contributed by atoms with E-state index >= 15 is 0 Å². The van der Waals surface area contributed by atoms with Crippen LogP contribution in [-0.4, -0.2) is 61.6 Å². The molecule has 31 heavy (non-hydrogen) atoms. The van der Waals surface area contributed by atoms with Gasteiger partial charge in [0.05, 0.1) is 47.0 Å². The molecule has 2 aromatic carbocycles. The number of amides is 1. The summed E-state index contributed by atoms with van der Waals surface area (Å²) in [5, 5.41) is 26.0. The summed E-state index contributed by atoms with van der Waals surface area (Å²) in [6, 6.07) is 12.5. The van der Waals surface area contributed by atoms with Gasteiger partial charge in [-0.05, 0) is 24.6 Å². The molecule has 0 saturated carbocycles. The van der Waals surface area contributed by atoms with Gasteiger partial charge in [-0.15, -0.1) is 0 Å². The van der Waals surface area contributed by atoms with Gasteiger partial charge in [0.15, 0.2) is 9.84 Å². The van der Waals surface area contributed by atoms with Crippen LogP contribution in [0.15, 0.2) is 48.5 Å². The minimum Gasteiger partial charge on any atom is -0.395 e. The summed E-state index contributed by atoms with van der Waals surface area (Å²) < 4.78 is 24.0. The van der Waals surface area contributed by atoms with Gasteiger partial charge in [-0.2, -0.15) is 0 Å². The van der Waals surface area contributed by atoms with Crippen LogP contribution in [0.25, 0.3) is 0 Å². The fourth-order valence-electron chi connectivity index (χ4n) is 3.52. The first-order chi connectivity index (χ1) is 14.8. The van der Waals surface area contributed by atoms with E-state index in [9.17, 15) is 23.3 Å². The lowest BCUT2D eigenvalue weighted by Crippen LogP contribution is -2.44. The smallest absolute Gasteiger partial charge is 0.271 e. The number of sulfone groups is 1. The zero-order valence-corrected chi connectivity index (χ0v) is 17.5. The molecule has 0 bridgehead atoms. The van der Waals surface area contributed by atoms with Crippen molar-refractivity contribution < 1.29 is 23.2 Å². The predicted molar refractivity (Wildman–Crippen MR) is 118 cm³/mol. The molecule has 1 fully saturated rings. The first-order valence-corrected chi connectivity index (χ1v) is 11.6. The highest BCUT2D eigenvalue weighted by Crippen LogP contribution is 2.28. The van der Waals surface area contributed by atoms with E-state index in [2.05, 4.69) is 10.6 Å². The van der Waals surface area contributed by atoms with E-state index in [-0.39, 0.29) is 42.8 Å². The lowest BCUT2D eigenvalue weighted by atomic mass is 10.1. The zero-order valence-electron chi connectivity index (χ0n) is 16.7. The summed E-state index contributed by atoms with van der Waals surface area (Å²) in [6.07, 6.45) is 0.350. The summed E-state index contributed by atoms with van der Waals surface area (Å²) in [6.45, 7) is -0.0930. The van der Waals surface area contributed by atoms with Gasteiger partial charge in [-0.1, -0.05) is 18.2 Å². The number of nitro groups is 1. The molecule has 1 amide bonds. The molecule has 3 N–H and O–H groups in total. The number of aliphatic hydroxyl groups excluding tert-OH is 1. The molecule has 0 spiro atoms. The number of para-hydroxylation sites is 1. The van der Waals surface area contributed by atoms with E-state index < -0.39 is 20.8 Å². The first-order valence-electron chi connectivity index (χ1n) is 9.75. The number of carbonyl (C=O) groups excluding carboxylic acids is 1. The minimum absolute atomic E-state index is 0.0296. The molecule has 1 heterocycles. The summed E-state index contributed by atoms with van der Waals surface area (Å²) in [4.78, 5) is 25.2.